The number of amides is 1. The molecule has 2 bridgehead atoms. The van der Waals surface area contributed by atoms with Gasteiger partial charge >= 0.3 is 5.97 Å². The number of ether oxygens (including phenoxy) is 1. The molecule has 2 heterocycles. The average molecular weight is 358 g/mol. The van der Waals surface area contributed by atoms with Crippen LogP contribution >= 0.6 is 0 Å². The molecule has 1 amide bonds. The lowest BCUT2D eigenvalue weighted by Crippen LogP contribution is -2.61. The van der Waals surface area contributed by atoms with Crippen LogP contribution in [0.15, 0.2) is 30.3 Å². The Balaban J connectivity index is 1.97. The van der Waals surface area contributed by atoms with Crippen LogP contribution in [-0.2, 0) is 25.7 Å². The zero-order chi connectivity index (χ0) is 18.9. The third-order valence-corrected chi connectivity index (χ3v) is 5.82. The highest BCUT2D eigenvalue weighted by molar-refractivity contribution is 6.08. The average Bonchev–Trinajstić information content (AvgIpc) is 2.94. The zero-order valence-electron chi connectivity index (χ0n) is 15.6. The molecule has 3 atom stereocenters. The van der Waals surface area contributed by atoms with Gasteiger partial charge in [0.1, 0.15) is 0 Å². The summed E-state index contributed by atoms with van der Waals surface area (Å²) in [6.07, 6.45) is 1.74. The van der Waals surface area contributed by atoms with E-state index >= 15 is 0 Å². The van der Waals surface area contributed by atoms with Gasteiger partial charge in [-0.15, -0.1) is 0 Å². The molecule has 0 unspecified atom stereocenters. The van der Waals surface area contributed by atoms with Crippen LogP contribution < -0.4 is 0 Å². The predicted octanol–water partition coefficient (Wildman–Crippen LogP) is 1.63. The van der Waals surface area contributed by atoms with Gasteiger partial charge in [0.25, 0.3) is 0 Å². The minimum absolute atomic E-state index is 0.125. The lowest BCUT2D eigenvalue weighted by molar-refractivity contribution is -0.170. The quantitative estimate of drug-likeness (QED) is 0.591. The van der Waals surface area contributed by atoms with E-state index in [0.29, 0.717) is 13.0 Å². The molecule has 0 spiro atoms. The number of hydrogen-bond acceptors (Lipinski definition) is 5. The van der Waals surface area contributed by atoms with E-state index in [9.17, 15) is 14.4 Å². The highest BCUT2D eigenvalue weighted by atomic mass is 16.5. The Morgan fingerprint density at radius 3 is 2.54 bits per heavy atom. The Kier molecular flexibility index (Phi) is 5.14. The Hall–Kier alpha value is -2.21. The number of nitrogens with zero attached hydrogens (tertiary/aromatic N) is 2. The summed E-state index contributed by atoms with van der Waals surface area (Å²) < 4.78 is 5.04. The van der Waals surface area contributed by atoms with Crippen molar-refractivity contribution in [3.63, 3.8) is 0 Å². The molecule has 0 N–H and O–H groups in total. The summed E-state index contributed by atoms with van der Waals surface area (Å²) in [6, 6.07) is 9.84. The maximum absolute atomic E-state index is 13.0. The second-order valence-corrected chi connectivity index (χ2v) is 7.46. The highest BCUT2D eigenvalue weighted by Gasteiger charge is 2.62. The van der Waals surface area contributed by atoms with Crippen molar-refractivity contribution in [1.82, 2.24) is 9.80 Å². The van der Waals surface area contributed by atoms with Crippen LogP contribution in [0.2, 0.25) is 0 Å². The second kappa shape index (κ2) is 7.19. The molecule has 26 heavy (non-hydrogen) atoms. The van der Waals surface area contributed by atoms with Gasteiger partial charge in [-0.05, 0) is 18.4 Å². The van der Waals surface area contributed by atoms with E-state index in [1.54, 1.807) is 14.1 Å². The van der Waals surface area contributed by atoms with Crippen molar-refractivity contribution >= 4 is 17.7 Å². The van der Waals surface area contributed by atoms with Crippen molar-refractivity contribution in [2.24, 2.45) is 5.41 Å². The number of carbonyl (C=O) groups is 3. The molecule has 2 saturated heterocycles. The third kappa shape index (κ3) is 3.03. The van der Waals surface area contributed by atoms with Gasteiger partial charge in [0, 0.05) is 39.1 Å². The number of hydrogen-bond donors (Lipinski definition) is 0. The fourth-order valence-corrected chi connectivity index (χ4v) is 4.42. The number of rotatable bonds is 5. The molecular formula is C20H26N2O4. The number of esters is 1. The number of methoxy groups -OCH3 is 1. The van der Waals surface area contributed by atoms with E-state index in [4.69, 9.17) is 4.74 Å². The highest BCUT2D eigenvalue weighted by Crippen LogP contribution is 2.48. The van der Waals surface area contributed by atoms with Crippen LogP contribution in [0.4, 0.5) is 0 Å². The first kappa shape index (κ1) is 18.6. The van der Waals surface area contributed by atoms with Crippen molar-refractivity contribution in [2.45, 2.75) is 44.3 Å². The molecule has 2 aliphatic heterocycles. The van der Waals surface area contributed by atoms with Crippen molar-refractivity contribution in [3.8, 4) is 0 Å². The van der Waals surface area contributed by atoms with Crippen LogP contribution in [0.25, 0.3) is 0 Å². The minimum atomic E-state index is -1.40. The lowest BCUT2D eigenvalue weighted by atomic mass is 9.69. The van der Waals surface area contributed by atoms with Crippen LogP contribution in [0.5, 0.6) is 0 Å². The molecule has 0 saturated carbocycles. The van der Waals surface area contributed by atoms with Gasteiger partial charge in [-0.3, -0.25) is 19.3 Å². The summed E-state index contributed by atoms with van der Waals surface area (Å²) in [5.74, 6) is -0.966. The van der Waals surface area contributed by atoms with Gasteiger partial charge in [0.2, 0.25) is 5.91 Å². The van der Waals surface area contributed by atoms with Crippen molar-refractivity contribution in [3.05, 3.63) is 35.9 Å². The molecule has 3 rings (SSSR count). The first-order valence-electron chi connectivity index (χ1n) is 9.01. The molecule has 0 aromatic heterocycles. The van der Waals surface area contributed by atoms with Crippen LogP contribution in [0.3, 0.4) is 0 Å². The largest absolute Gasteiger partial charge is 0.468 e. The number of benzene rings is 1. The monoisotopic (exact) mass is 358 g/mol. The maximum atomic E-state index is 13.0. The third-order valence-electron chi connectivity index (χ3n) is 5.82. The molecule has 6 heteroatoms. The summed E-state index contributed by atoms with van der Waals surface area (Å²) in [4.78, 5) is 42.0. The van der Waals surface area contributed by atoms with Gasteiger partial charge in [-0.25, -0.2) is 0 Å². The number of fused-ring (bicyclic) bond motifs is 2. The van der Waals surface area contributed by atoms with Crippen LogP contribution in [0, 0.1) is 5.41 Å². The molecule has 1 aromatic carbocycles. The Morgan fingerprint density at radius 1 is 1.23 bits per heavy atom. The number of piperidine rings is 1. The maximum Gasteiger partial charge on any atom is 0.321 e. The Morgan fingerprint density at radius 2 is 1.92 bits per heavy atom. The van der Waals surface area contributed by atoms with E-state index in [2.05, 4.69) is 4.90 Å². The molecule has 2 fully saturated rings. The zero-order valence-corrected chi connectivity index (χ0v) is 15.6. The van der Waals surface area contributed by atoms with Crippen molar-refractivity contribution in [1.29, 1.82) is 0 Å². The summed E-state index contributed by atoms with van der Waals surface area (Å²) >= 11 is 0. The Bertz CT molecular complexity index is 703. The first-order valence-corrected chi connectivity index (χ1v) is 9.01. The lowest BCUT2D eigenvalue weighted by Gasteiger charge is -2.45. The molecule has 2 aliphatic rings. The van der Waals surface area contributed by atoms with Crippen LogP contribution in [0.1, 0.15) is 31.2 Å². The fourth-order valence-electron chi connectivity index (χ4n) is 4.42. The molecule has 0 radical (unpaired) electrons. The number of ketones is 1. The molecule has 6 nitrogen and oxygen atoms in total. The topological polar surface area (TPSA) is 66.9 Å². The minimum Gasteiger partial charge on any atom is -0.468 e. The SMILES string of the molecule is COC(=O)[C@@]1(CC(=O)N(C)C)C(=O)C[C@H]2CC[C@H]1N2Cc1ccccc1. The predicted molar refractivity (Wildman–Crippen MR) is 96.2 cm³/mol. The summed E-state index contributed by atoms with van der Waals surface area (Å²) in [5, 5.41) is 0. The standard InChI is InChI=1S/C20H26N2O4/c1-21(2)18(24)12-20(19(25)26-3)16-10-9-15(11-17(20)23)22(16)13-14-7-5-4-6-8-14/h4-8,15-16H,9-13H2,1-3H3/t15-,16-,20-/m1/s1. The number of carbonyl (C=O) groups excluding carboxylic acids is 3. The van der Waals surface area contributed by atoms with E-state index in [1.165, 1.54) is 12.0 Å². The summed E-state index contributed by atoms with van der Waals surface area (Å²) in [5.41, 5.74) is -0.269. The van der Waals surface area contributed by atoms with Gasteiger partial charge in [0.15, 0.2) is 11.2 Å². The molecule has 0 aliphatic carbocycles. The van der Waals surface area contributed by atoms with E-state index in [1.807, 2.05) is 30.3 Å². The van der Waals surface area contributed by atoms with E-state index < -0.39 is 11.4 Å². The number of Topliss-reactive ketones (excluding diaryl/α,β-unsaturated/α-hetero) is 1. The summed E-state index contributed by atoms with van der Waals surface area (Å²) in [6.45, 7) is 0.665. The molecular weight excluding hydrogens is 332 g/mol. The molecule has 1 aromatic rings. The second-order valence-electron chi connectivity index (χ2n) is 7.46. The Labute approximate surface area is 154 Å². The molecule has 140 valence electrons. The van der Waals surface area contributed by atoms with E-state index in [-0.39, 0.29) is 30.2 Å². The summed E-state index contributed by atoms with van der Waals surface area (Å²) in [7, 11) is 4.57. The van der Waals surface area contributed by atoms with Crippen molar-refractivity contribution < 1.29 is 19.1 Å². The van der Waals surface area contributed by atoms with Gasteiger partial charge in [-0.2, -0.15) is 0 Å². The van der Waals surface area contributed by atoms with Crippen LogP contribution in [-0.4, -0.2) is 60.7 Å². The smallest absolute Gasteiger partial charge is 0.321 e. The van der Waals surface area contributed by atoms with E-state index in [0.717, 1.165) is 18.4 Å². The fraction of sp³-hybridized carbons (Fsp3) is 0.550. The van der Waals surface area contributed by atoms with Gasteiger partial charge < -0.3 is 9.64 Å². The van der Waals surface area contributed by atoms with Crippen molar-refractivity contribution in [2.75, 3.05) is 21.2 Å². The van der Waals surface area contributed by atoms with Gasteiger partial charge in [0.05, 0.1) is 13.5 Å². The van der Waals surface area contributed by atoms with Gasteiger partial charge in [-0.1, -0.05) is 30.3 Å². The normalized spacial score (nSPS) is 28.0. The first-order chi connectivity index (χ1) is 12.4.